The minimum Gasteiger partial charge on any atom is -0.459 e. The molecule has 1 saturated heterocycles. The van der Waals surface area contributed by atoms with Gasteiger partial charge in [-0.05, 0) is 31.0 Å². The number of rotatable bonds is 8. The van der Waals surface area contributed by atoms with E-state index in [2.05, 4.69) is 17.6 Å². The summed E-state index contributed by atoms with van der Waals surface area (Å²) >= 11 is 0. The van der Waals surface area contributed by atoms with Gasteiger partial charge in [0.25, 0.3) is 5.91 Å². The van der Waals surface area contributed by atoms with Crippen LogP contribution < -0.4 is 10.6 Å². The third kappa shape index (κ3) is 6.12. The smallest absolute Gasteiger partial charge is 0.317 e. The average Bonchev–Trinajstić information content (AvgIpc) is 3.34. The molecule has 8 nitrogen and oxygen atoms in total. The van der Waals surface area contributed by atoms with Crippen molar-refractivity contribution in [1.29, 1.82) is 0 Å². The highest BCUT2D eigenvalue weighted by Crippen LogP contribution is 2.14. The highest BCUT2D eigenvalue weighted by atomic mass is 16.3. The Morgan fingerprint density at radius 2 is 1.91 bits per heavy atom. The average molecular weight is 441 g/mol. The van der Waals surface area contributed by atoms with Gasteiger partial charge in [0.05, 0.1) is 6.26 Å². The molecule has 0 saturated carbocycles. The first kappa shape index (κ1) is 23.4. The Morgan fingerprint density at radius 3 is 2.56 bits per heavy atom. The SMILES string of the molecule is CCCCNC(=O)N1CCN(C(=O)C(Cc2ccccc2)NC(=O)c2ccco2)CC1C. The molecular formula is C24H32N4O4. The molecule has 0 aliphatic carbocycles. The standard InChI is InChI=1S/C24H32N4O4/c1-3-4-12-25-24(31)28-14-13-27(17-18(28)2)23(30)20(16-19-9-6-5-7-10-19)26-22(29)21-11-8-15-32-21/h5-11,15,18,20H,3-4,12-14,16-17H2,1-2H3,(H,25,31)(H,26,29). The molecule has 1 aromatic heterocycles. The fourth-order valence-electron chi connectivity index (χ4n) is 3.84. The third-order valence-corrected chi connectivity index (χ3v) is 5.64. The van der Waals surface area contributed by atoms with Crippen LogP contribution in [0.4, 0.5) is 4.79 Å². The maximum Gasteiger partial charge on any atom is 0.317 e. The summed E-state index contributed by atoms with van der Waals surface area (Å²) in [6.07, 6.45) is 3.76. The summed E-state index contributed by atoms with van der Waals surface area (Å²) in [5.74, 6) is -0.421. The topological polar surface area (TPSA) is 94.9 Å². The van der Waals surface area contributed by atoms with Crippen molar-refractivity contribution in [2.75, 3.05) is 26.2 Å². The molecule has 2 atom stereocenters. The molecular weight excluding hydrogens is 408 g/mol. The maximum atomic E-state index is 13.4. The highest BCUT2D eigenvalue weighted by Gasteiger charge is 2.33. The Hall–Kier alpha value is -3.29. The molecule has 3 rings (SSSR count). The van der Waals surface area contributed by atoms with E-state index in [1.165, 1.54) is 6.26 Å². The van der Waals surface area contributed by atoms with Crippen LogP contribution in [-0.4, -0.2) is 65.9 Å². The van der Waals surface area contributed by atoms with Crippen molar-refractivity contribution in [3.63, 3.8) is 0 Å². The Balaban J connectivity index is 1.66. The van der Waals surface area contributed by atoms with Crippen LogP contribution in [0.15, 0.2) is 53.1 Å². The molecule has 0 radical (unpaired) electrons. The Kier molecular flexibility index (Phi) is 8.30. The number of urea groups is 1. The first-order valence-electron chi connectivity index (χ1n) is 11.2. The van der Waals surface area contributed by atoms with E-state index in [0.29, 0.717) is 32.6 Å². The van der Waals surface area contributed by atoms with Gasteiger partial charge in [0.2, 0.25) is 5.91 Å². The lowest BCUT2D eigenvalue weighted by Gasteiger charge is -2.41. The zero-order chi connectivity index (χ0) is 22.9. The molecule has 1 aromatic carbocycles. The van der Waals surface area contributed by atoms with Crippen molar-refractivity contribution < 1.29 is 18.8 Å². The number of hydrogen-bond acceptors (Lipinski definition) is 4. The Bertz CT molecular complexity index is 885. The quantitative estimate of drug-likeness (QED) is 0.617. The van der Waals surface area contributed by atoms with Gasteiger partial charge < -0.3 is 24.9 Å². The largest absolute Gasteiger partial charge is 0.459 e. The van der Waals surface area contributed by atoms with Crippen LogP contribution in [0.3, 0.4) is 0 Å². The fourth-order valence-corrected chi connectivity index (χ4v) is 3.84. The lowest BCUT2D eigenvalue weighted by molar-refractivity contribution is -0.135. The van der Waals surface area contributed by atoms with Gasteiger partial charge in [-0.1, -0.05) is 43.7 Å². The van der Waals surface area contributed by atoms with E-state index >= 15 is 0 Å². The second-order valence-electron chi connectivity index (χ2n) is 8.11. The molecule has 2 unspecified atom stereocenters. The van der Waals surface area contributed by atoms with Crippen LogP contribution in [0.25, 0.3) is 0 Å². The van der Waals surface area contributed by atoms with E-state index < -0.39 is 11.9 Å². The summed E-state index contributed by atoms with van der Waals surface area (Å²) in [6, 6.07) is 11.8. The fraction of sp³-hybridized carbons (Fsp3) is 0.458. The molecule has 32 heavy (non-hydrogen) atoms. The van der Waals surface area contributed by atoms with Crippen LogP contribution in [0.1, 0.15) is 42.8 Å². The van der Waals surface area contributed by atoms with Gasteiger partial charge in [0.1, 0.15) is 6.04 Å². The molecule has 8 heteroatoms. The summed E-state index contributed by atoms with van der Waals surface area (Å²) < 4.78 is 5.18. The summed E-state index contributed by atoms with van der Waals surface area (Å²) in [5.41, 5.74) is 0.951. The van der Waals surface area contributed by atoms with E-state index in [4.69, 9.17) is 4.42 Å². The summed E-state index contributed by atoms with van der Waals surface area (Å²) in [4.78, 5) is 41.9. The first-order valence-corrected chi connectivity index (χ1v) is 11.2. The first-order chi connectivity index (χ1) is 15.5. The molecule has 0 spiro atoms. The number of benzene rings is 1. The van der Waals surface area contributed by atoms with Crippen LogP contribution in [0.5, 0.6) is 0 Å². The Morgan fingerprint density at radius 1 is 1.12 bits per heavy atom. The molecule has 4 amide bonds. The zero-order valence-corrected chi connectivity index (χ0v) is 18.8. The number of carbonyl (C=O) groups excluding carboxylic acids is 3. The van der Waals surface area contributed by atoms with Crippen LogP contribution in [-0.2, 0) is 11.2 Å². The van der Waals surface area contributed by atoms with Gasteiger partial charge >= 0.3 is 6.03 Å². The number of piperazine rings is 1. The number of amides is 4. The minimum absolute atomic E-state index is 0.0926. The van der Waals surface area contributed by atoms with Crippen LogP contribution in [0.2, 0.25) is 0 Å². The summed E-state index contributed by atoms with van der Waals surface area (Å²) in [5, 5.41) is 5.77. The van der Waals surface area contributed by atoms with Crippen LogP contribution >= 0.6 is 0 Å². The van der Waals surface area contributed by atoms with Crippen molar-refractivity contribution in [3.8, 4) is 0 Å². The lowest BCUT2D eigenvalue weighted by Crippen LogP contribution is -2.60. The monoisotopic (exact) mass is 440 g/mol. The van der Waals surface area contributed by atoms with Gasteiger partial charge in [-0.15, -0.1) is 0 Å². The van der Waals surface area contributed by atoms with Crippen LogP contribution in [0, 0.1) is 0 Å². The zero-order valence-electron chi connectivity index (χ0n) is 18.8. The molecule has 2 aromatic rings. The molecule has 172 valence electrons. The van der Waals surface area contributed by atoms with E-state index in [1.807, 2.05) is 37.3 Å². The van der Waals surface area contributed by atoms with Gasteiger partial charge in [-0.3, -0.25) is 9.59 Å². The summed E-state index contributed by atoms with van der Waals surface area (Å²) in [7, 11) is 0. The van der Waals surface area contributed by atoms with Gasteiger partial charge in [0, 0.05) is 38.6 Å². The van der Waals surface area contributed by atoms with Crippen molar-refractivity contribution in [2.45, 2.75) is 45.2 Å². The van der Waals surface area contributed by atoms with E-state index in [9.17, 15) is 14.4 Å². The molecule has 0 bridgehead atoms. The van der Waals surface area contributed by atoms with Gasteiger partial charge in [-0.25, -0.2) is 4.79 Å². The van der Waals surface area contributed by atoms with E-state index in [1.54, 1.807) is 21.9 Å². The van der Waals surface area contributed by atoms with Crippen molar-refractivity contribution >= 4 is 17.8 Å². The normalized spacial score (nSPS) is 17.0. The summed E-state index contributed by atoms with van der Waals surface area (Å²) in [6.45, 7) is 5.96. The highest BCUT2D eigenvalue weighted by molar-refractivity contribution is 5.95. The number of furan rings is 1. The number of unbranched alkanes of at least 4 members (excludes halogenated alkanes) is 1. The molecule has 1 fully saturated rings. The van der Waals surface area contributed by atoms with Crippen molar-refractivity contribution in [1.82, 2.24) is 20.4 Å². The molecule has 2 heterocycles. The predicted molar refractivity (Wildman–Crippen MR) is 121 cm³/mol. The lowest BCUT2D eigenvalue weighted by atomic mass is 10.0. The van der Waals surface area contributed by atoms with Gasteiger partial charge in [0.15, 0.2) is 5.76 Å². The maximum absolute atomic E-state index is 13.4. The Labute approximate surface area is 188 Å². The number of carbonyl (C=O) groups is 3. The number of hydrogen-bond donors (Lipinski definition) is 2. The minimum atomic E-state index is -0.730. The van der Waals surface area contributed by atoms with E-state index in [-0.39, 0.29) is 23.7 Å². The molecule has 2 N–H and O–H groups in total. The van der Waals surface area contributed by atoms with Gasteiger partial charge in [-0.2, -0.15) is 0 Å². The van der Waals surface area contributed by atoms with Crippen molar-refractivity contribution in [3.05, 3.63) is 60.1 Å². The number of nitrogens with zero attached hydrogens (tertiary/aromatic N) is 2. The molecule has 1 aliphatic heterocycles. The third-order valence-electron chi connectivity index (χ3n) is 5.64. The predicted octanol–water partition coefficient (Wildman–Crippen LogP) is 2.66. The van der Waals surface area contributed by atoms with E-state index in [0.717, 1.165) is 18.4 Å². The number of nitrogens with one attached hydrogen (secondary N) is 2. The second kappa shape index (κ2) is 11.4. The molecule has 1 aliphatic rings. The second-order valence-corrected chi connectivity index (χ2v) is 8.11. The van der Waals surface area contributed by atoms with Crippen molar-refractivity contribution in [2.24, 2.45) is 0 Å².